The molecule has 106 valence electrons. The van der Waals surface area contributed by atoms with Crippen LogP contribution in [0.15, 0.2) is 22.7 Å². The molecule has 1 N–H and O–H groups in total. The molecule has 0 aliphatic carbocycles. The van der Waals surface area contributed by atoms with Gasteiger partial charge in [0, 0.05) is 18.5 Å². The number of aryl methyl sites for hydroxylation is 1. The first-order chi connectivity index (χ1) is 9.83. The van der Waals surface area contributed by atoms with Crippen LogP contribution >= 0.6 is 0 Å². The number of ether oxygens (including phenoxy) is 2. The van der Waals surface area contributed by atoms with E-state index in [-0.39, 0.29) is 0 Å². The maximum atomic E-state index is 5.77. The van der Waals surface area contributed by atoms with Crippen molar-refractivity contribution in [2.75, 3.05) is 13.2 Å². The van der Waals surface area contributed by atoms with Gasteiger partial charge in [-0.2, -0.15) is 4.98 Å². The minimum atomic E-state index is 0.533. The van der Waals surface area contributed by atoms with Gasteiger partial charge in [-0.25, -0.2) is 0 Å². The van der Waals surface area contributed by atoms with Gasteiger partial charge in [0.05, 0.1) is 19.8 Å². The fraction of sp³-hybridized carbons (Fsp3) is 0.429. The summed E-state index contributed by atoms with van der Waals surface area (Å²) in [6.07, 6.45) is 0.906. The SMILES string of the molecule is Cc1noc(CNCc2cccc3c2OCCCO3)n1. The van der Waals surface area contributed by atoms with Crippen molar-refractivity contribution < 1.29 is 14.0 Å². The molecule has 6 nitrogen and oxygen atoms in total. The molecule has 0 radical (unpaired) electrons. The van der Waals surface area contributed by atoms with E-state index in [1.807, 2.05) is 18.2 Å². The average Bonchev–Trinajstić information content (AvgIpc) is 2.73. The zero-order valence-electron chi connectivity index (χ0n) is 11.4. The standard InChI is InChI=1S/C14H17N3O3/c1-10-16-13(20-17-10)9-15-8-11-4-2-5-12-14(11)19-7-3-6-18-12/h2,4-5,15H,3,6-9H2,1H3. The Kier molecular flexibility index (Phi) is 3.83. The zero-order chi connectivity index (χ0) is 13.8. The summed E-state index contributed by atoms with van der Waals surface area (Å²) in [6.45, 7) is 4.38. The Balaban J connectivity index is 1.65. The van der Waals surface area contributed by atoms with Crippen molar-refractivity contribution in [3.63, 3.8) is 0 Å². The molecule has 1 aromatic heterocycles. The Hall–Kier alpha value is -2.08. The van der Waals surface area contributed by atoms with E-state index in [0.29, 0.717) is 38.0 Å². The summed E-state index contributed by atoms with van der Waals surface area (Å²) in [5.74, 6) is 2.88. The first-order valence-corrected chi connectivity index (χ1v) is 6.70. The molecule has 1 aliphatic heterocycles. The minimum absolute atomic E-state index is 0.533. The third-order valence-electron chi connectivity index (χ3n) is 3.01. The summed E-state index contributed by atoms with van der Waals surface area (Å²) in [4.78, 5) is 4.15. The fourth-order valence-electron chi connectivity index (χ4n) is 2.11. The zero-order valence-corrected chi connectivity index (χ0v) is 11.4. The number of nitrogens with one attached hydrogen (secondary N) is 1. The summed E-state index contributed by atoms with van der Waals surface area (Å²) in [5.41, 5.74) is 1.07. The molecule has 0 saturated heterocycles. The smallest absolute Gasteiger partial charge is 0.240 e. The number of fused-ring (bicyclic) bond motifs is 1. The normalized spacial score (nSPS) is 14.1. The predicted octanol–water partition coefficient (Wildman–Crippen LogP) is 1.83. The molecule has 0 atom stereocenters. The van der Waals surface area contributed by atoms with Crippen molar-refractivity contribution in [3.05, 3.63) is 35.5 Å². The monoisotopic (exact) mass is 275 g/mol. The maximum Gasteiger partial charge on any atom is 0.240 e. The maximum absolute atomic E-state index is 5.77. The van der Waals surface area contributed by atoms with Crippen LogP contribution in [-0.2, 0) is 13.1 Å². The van der Waals surface area contributed by atoms with Crippen LogP contribution in [-0.4, -0.2) is 23.4 Å². The van der Waals surface area contributed by atoms with Gasteiger partial charge >= 0.3 is 0 Å². The van der Waals surface area contributed by atoms with E-state index in [2.05, 4.69) is 15.5 Å². The van der Waals surface area contributed by atoms with Gasteiger partial charge in [-0.1, -0.05) is 17.3 Å². The molecular weight excluding hydrogens is 258 g/mol. The average molecular weight is 275 g/mol. The Morgan fingerprint density at radius 1 is 1.20 bits per heavy atom. The van der Waals surface area contributed by atoms with E-state index in [1.165, 1.54) is 0 Å². The lowest BCUT2D eigenvalue weighted by molar-refractivity contribution is 0.295. The van der Waals surface area contributed by atoms with Gasteiger partial charge in [0.25, 0.3) is 0 Å². The highest BCUT2D eigenvalue weighted by Gasteiger charge is 2.14. The highest BCUT2D eigenvalue weighted by Crippen LogP contribution is 2.33. The molecule has 2 heterocycles. The van der Waals surface area contributed by atoms with E-state index in [9.17, 15) is 0 Å². The Labute approximate surface area is 117 Å². The minimum Gasteiger partial charge on any atom is -0.490 e. The van der Waals surface area contributed by atoms with E-state index in [4.69, 9.17) is 14.0 Å². The van der Waals surface area contributed by atoms with Crippen molar-refractivity contribution >= 4 is 0 Å². The summed E-state index contributed by atoms with van der Waals surface area (Å²) >= 11 is 0. The highest BCUT2D eigenvalue weighted by molar-refractivity contribution is 5.47. The molecule has 3 rings (SSSR count). The third kappa shape index (κ3) is 2.91. The number of rotatable bonds is 4. The number of para-hydroxylation sites is 1. The van der Waals surface area contributed by atoms with Gasteiger partial charge in [0.15, 0.2) is 17.3 Å². The molecule has 0 amide bonds. The second-order valence-corrected chi connectivity index (χ2v) is 4.63. The van der Waals surface area contributed by atoms with Gasteiger partial charge in [0.2, 0.25) is 5.89 Å². The summed E-state index contributed by atoms with van der Waals surface area (Å²) in [5, 5.41) is 7.02. The second-order valence-electron chi connectivity index (χ2n) is 4.63. The van der Waals surface area contributed by atoms with Crippen molar-refractivity contribution in [2.24, 2.45) is 0 Å². The van der Waals surface area contributed by atoms with Crippen molar-refractivity contribution in [2.45, 2.75) is 26.4 Å². The van der Waals surface area contributed by atoms with Crippen LogP contribution in [0.5, 0.6) is 11.5 Å². The molecule has 20 heavy (non-hydrogen) atoms. The van der Waals surface area contributed by atoms with Gasteiger partial charge in [0.1, 0.15) is 0 Å². The molecule has 2 aromatic rings. The first kappa shape index (κ1) is 12.9. The third-order valence-corrected chi connectivity index (χ3v) is 3.01. The van der Waals surface area contributed by atoms with Crippen LogP contribution in [0.1, 0.15) is 23.7 Å². The van der Waals surface area contributed by atoms with Gasteiger partial charge in [-0.15, -0.1) is 0 Å². The molecule has 0 saturated carbocycles. The van der Waals surface area contributed by atoms with Crippen LogP contribution in [0, 0.1) is 6.92 Å². The molecule has 1 aliphatic rings. The quantitative estimate of drug-likeness (QED) is 0.918. The van der Waals surface area contributed by atoms with E-state index < -0.39 is 0 Å². The number of aromatic nitrogens is 2. The molecule has 0 spiro atoms. The number of benzene rings is 1. The van der Waals surface area contributed by atoms with Gasteiger partial charge < -0.3 is 19.3 Å². The number of hydrogen-bond acceptors (Lipinski definition) is 6. The second kappa shape index (κ2) is 5.92. The Morgan fingerprint density at radius 2 is 2.10 bits per heavy atom. The molecule has 0 unspecified atom stereocenters. The Bertz CT molecular complexity index is 583. The molecule has 1 aromatic carbocycles. The predicted molar refractivity (Wildman–Crippen MR) is 71.6 cm³/mol. The van der Waals surface area contributed by atoms with Gasteiger partial charge in [-0.05, 0) is 13.0 Å². The largest absolute Gasteiger partial charge is 0.490 e. The number of hydrogen-bond donors (Lipinski definition) is 1. The van der Waals surface area contributed by atoms with E-state index >= 15 is 0 Å². The van der Waals surface area contributed by atoms with Crippen LogP contribution in [0.2, 0.25) is 0 Å². The van der Waals surface area contributed by atoms with Crippen LogP contribution in [0.4, 0.5) is 0 Å². The van der Waals surface area contributed by atoms with Gasteiger partial charge in [-0.3, -0.25) is 0 Å². The summed E-state index contributed by atoms with van der Waals surface area (Å²) < 4.78 is 16.5. The summed E-state index contributed by atoms with van der Waals surface area (Å²) in [7, 11) is 0. The van der Waals surface area contributed by atoms with Crippen molar-refractivity contribution in [1.82, 2.24) is 15.5 Å². The lowest BCUT2D eigenvalue weighted by atomic mass is 10.2. The summed E-state index contributed by atoms with van der Waals surface area (Å²) in [6, 6.07) is 5.94. The van der Waals surface area contributed by atoms with Crippen molar-refractivity contribution in [3.8, 4) is 11.5 Å². The fourth-order valence-corrected chi connectivity index (χ4v) is 2.11. The van der Waals surface area contributed by atoms with Crippen molar-refractivity contribution in [1.29, 1.82) is 0 Å². The lowest BCUT2D eigenvalue weighted by Gasteiger charge is -2.12. The number of nitrogens with zero attached hydrogens (tertiary/aromatic N) is 2. The molecule has 0 bridgehead atoms. The van der Waals surface area contributed by atoms with Crippen LogP contribution in [0.25, 0.3) is 0 Å². The highest BCUT2D eigenvalue weighted by atomic mass is 16.5. The Morgan fingerprint density at radius 3 is 2.95 bits per heavy atom. The van der Waals surface area contributed by atoms with Crippen LogP contribution < -0.4 is 14.8 Å². The lowest BCUT2D eigenvalue weighted by Crippen LogP contribution is -2.14. The topological polar surface area (TPSA) is 69.4 Å². The van der Waals surface area contributed by atoms with E-state index in [1.54, 1.807) is 6.92 Å². The van der Waals surface area contributed by atoms with Crippen LogP contribution in [0.3, 0.4) is 0 Å². The molecule has 6 heteroatoms. The van der Waals surface area contributed by atoms with E-state index in [0.717, 1.165) is 23.5 Å². The molecule has 0 fully saturated rings. The molecular formula is C14H17N3O3. The first-order valence-electron chi connectivity index (χ1n) is 6.70.